The first-order valence-electron chi connectivity index (χ1n) is 23.8. The van der Waals surface area contributed by atoms with Gasteiger partial charge in [0.1, 0.15) is 73.2 Å². The van der Waals surface area contributed by atoms with E-state index >= 15 is 0 Å². The predicted molar refractivity (Wildman–Crippen MR) is 216 cm³/mol. The minimum absolute atomic E-state index is 0.134. The van der Waals surface area contributed by atoms with Gasteiger partial charge in [-0.3, -0.25) is 0 Å². The number of ether oxygens (including phenoxy) is 8. The van der Waals surface area contributed by atoms with Crippen LogP contribution >= 0.6 is 0 Å². The number of hydrogen-bond acceptors (Lipinski definition) is 18. The second-order valence-electron chi connectivity index (χ2n) is 21.5. The van der Waals surface area contributed by atoms with E-state index in [4.69, 9.17) is 37.9 Å². The Morgan fingerprint density at radius 2 is 1.16 bits per heavy atom. The summed E-state index contributed by atoms with van der Waals surface area (Å²) in [5.41, 5.74) is 0.364. The van der Waals surface area contributed by atoms with E-state index in [0.29, 0.717) is 41.4 Å². The molecule has 5 saturated heterocycles. The summed E-state index contributed by atoms with van der Waals surface area (Å²) in [5.74, 6) is 3.29. The van der Waals surface area contributed by atoms with Crippen LogP contribution in [0.2, 0.25) is 0 Å². The van der Waals surface area contributed by atoms with E-state index in [1.54, 1.807) is 0 Å². The molecule has 18 nitrogen and oxygen atoms in total. The second-order valence-corrected chi connectivity index (χ2v) is 21.5. The van der Waals surface area contributed by atoms with Gasteiger partial charge in [0.2, 0.25) is 0 Å². The lowest BCUT2D eigenvalue weighted by Crippen LogP contribution is -2.67. The maximum Gasteiger partial charge on any atom is 0.187 e. The number of aliphatic hydroxyl groups excluding tert-OH is 10. The molecule has 1 spiro atoms. The molecule has 63 heavy (non-hydrogen) atoms. The SMILES string of the molecule is CC1C2C(C[C@H]3[C@@H]4CC[C@H]5C[C@@H](O[C@@H]6O[C@H](CO)[C@H](O[C@@H]7O[C@H](CO)[C@@H](O)[C@H](O)[C@H]7O[C@@H]7O[C@H](CO)[C@@H](O)[C@H](O)[C@H]7O)[C@H](O)[C@H]6O)CC[C@]5(C)C4CC[C@]23C)O[C@]12CC[C@H](C)CO2. The molecule has 0 bridgehead atoms. The molecule has 27 atom stereocenters. The predicted octanol–water partition coefficient (Wildman–Crippen LogP) is -0.734. The van der Waals surface area contributed by atoms with Crippen molar-refractivity contribution in [2.75, 3.05) is 26.4 Å². The summed E-state index contributed by atoms with van der Waals surface area (Å²) in [6.07, 6.45) is -14.2. The third-order valence-corrected chi connectivity index (χ3v) is 18.3. The maximum atomic E-state index is 11.5. The lowest BCUT2D eigenvalue weighted by atomic mass is 9.44. The fraction of sp³-hybridized carbons (Fsp3) is 1.00. The van der Waals surface area contributed by atoms with Gasteiger partial charge in [0.25, 0.3) is 0 Å². The number of rotatable bonds is 9. The third kappa shape index (κ3) is 7.88. The van der Waals surface area contributed by atoms with Gasteiger partial charge in [0, 0.05) is 12.3 Å². The Bertz CT molecular complexity index is 1570. The van der Waals surface area contributed by atoms with E-state index in [1.807, 2.05) is 0 Å². The highest BCUT2D eigenvalue weighted by Crippen LogP contribution is 2.71. The average Bonchev–Trinajstić information content (AvgIpc) is 3.72. The maximum absolute atomic E-state index is 11.5. The Morgan fingerprint density at radius 1 is 0.556 bits per heavy atom. The van der Waals surface area contributed by atoms with Gasteiger partial charge in [0.15, 0.2) is 24.7 Å². The topological polar surface area (TPSA) is 276 Å². The van der Waals surface area contributed by atoms with Crippen molar-refractivity contribution in [3.63, 3.8) is 0 Å². The van der Waals surface area contributed by atoms with Crippen molar-refractivity contribution in [3.8, 4) is 0 Å². The van der Waals surface area contributed by atoms with E-state index in [9.17, 15) is 51.1 Å². The van der Waals surface area contributed by atoms with Crippen LogP contribution in [0.1, 0.15) is 91.9 Å². The second kappa shape index (κ2) is 18.0. The van der Waals surface area contributed by atoms with Crippen LogP contribution in [-0.2, 0) is 37.9 Å². The summed E-state index contributed by atoms with van der Waals surface area (Å²) in [4.78, 5) is 0. The molecule has 0 aromatic heterocycles. The van der Waals surface area contributed by atoms with Crippen molar-refractivity contribution >= 4 is 0 Å². The number of hydrogen-bond donors (Lipinski definition) is 10. The molecule has 0 radical (unpaired) electrons. The molecule has 5 aliphatic heterocycles. The zero-order chi connectivity index (χ0) is 44.9. The molecule has 18 heteroatoms. The van der Waals surface area contributed by atoms with Crippen LogP contribution in [0.5, 0.6) is 0 Å². The van der Waals surface area contributed by atoms with Gasteiger partial charge in [-0.1, -0.05) is 27.7 Å². The first-order chi connectivity index (χ1) is 30.0. The fourth-order valence-corrected chi connectivity index (χ4v) is 14.7. The van der Waals surface area contributed by atoms with Gasteiger partial charge in [-0.25, -0.2) is 0 Å². The van der Waals surface area contributed by atoms with Crippen molar-refractivity contribution < 1.29 is 89.0 Å². The highest BCUT2D eigenvalue weighted by molar-refractivity contribution is 5.15. The molecular formula is C45H74O18. The van der Waals surface area contributed by atoms with Crippen molar-refractivity contribution in [3.05, 3.63) is 0 Å². The summed E-state index contributed by atoms with van der Waals surface area (Å²) in [7, 11) is 0. The highest BCUT2D eigenvalue weighted by Gasteiger charge is 2.69. The molecular weight excluding hydrogens is 828 g/mol. The first-order valence-corrected chi connectivity index (χ1v) is 23.8. The third-order valence-electron chi connectivity index (χ3n) is 18.3. The van der Waals surface area contributed by atoms with Gasteiger partial charge in [-0.15, -0.1) is 0 Å². The van der Waals surface area contributed by atoms with Gasteiger partial charge in [-0.05, 0) is 104 Å². The van der Waals surface area contributed by atoms with Gasteiger partial charge < -0.3 is 89.0 Å². The van der Waals surface area contributed by atoms with Crippen LogP contribution in [0, 0.1) is 52.3 Å². The smallest absolute Gasteiger partial charge is 0.187 e. The highest BCUT2D eigenvalue weighted by atomic mass is 16.8. The van der Waals surface area contributed by atoms with Gasteiger partial charge in [-0.2, -0.15) is 0 Å². The van der Waals surface area contributed by atoms with E-state index < -0.39 is 118 Å². The van der Waals surface area contributed by atoms with Crippen molar-refractivity contribution in [1.82, 2.24) is 0 Å². The Hall–Kier alpha value is -0.720. The molecule has 0 aromatic rings. The van der Waals surface area contributed by atoms with Crippen LogP contribution in [0.15, 0.2) is 0 Å². The number of fused-ring (bicyclic) bond motifs is 7. The molecule has 9 fully saturated rings. The normalized spacial score (nSPS) is 58.2. The van der Waals surface area contributed by atoms with Gasteiger partial charge >= 0.3 is 0 Å². The van der Waals surface area contributed by atoms with Crippen LogP contribution in [0.4, 0.5) is 0 Å². The minimum Gasteiger partial charge on any atom is -0.394 e. The van der Waals surface area contributed by atoms with Crippen molar-refractivity contribution in [2.45, 2.75) is 202 Å². The zero-order valence-corrected chi connectivity index (χ0v) is 37.0. The molecule has 4 unspecified atom stereocenters. The largest absolute Gasteiger partial charge is 0.394 e. The summed E-state index contributed by atoms with van der Waals surface area (Å²) in [6, 6.07) is 0. The van der Waals surface area contributed by atoms with E-state index in [1.165, 1.54) is 12.8 Å². The summed E-state index contributed by atoms with van der Waals surface area (Å²) in [6.45, 7) is 8.23. The Morgan fingerprint density at radius 3 is 1.84 bits per heavy atom. The molecule has 5 heterocycles. The van der Waals surface area contributed by atoms with Crippen LogP contribution in [0.25, 0.3) is 0 Å². The van der Waals surface area contributed by atoms with E-state index in [-0.39, 0.29) is 23.0 Å². The Labute approximate surface area is 369 Å². The quantitative estimate of drug-likeness (QED) is 0.128. The van der Waals surface area contributed by atoms with E-state index in [2.05, 4.69) is 27.7 Å². The first kappa shape index (κ1) is 47.4. The molecule has 9 rings (SSSR count). The number of aliphatic hydroxyl groups is 10. The van der Waals surface area contributed by atoms with Crippen molar-refractivity contribution in [1.29, 1.82) is 0 Å². The summed E-state index contributed by atoms with van der Waals surface area (Å²) >= 11 is 0. The summed E-state index contributed by atoms with van der Waals surface area (Å²) in [5, 5.41) is 106. The molecule has 9 aliphatic rings. The van der Waals surface area contributed by atoms with Crippen LogP contribution < -0.4 is 0 Å². The lowest BCUT2D eigenvalue weighted by molar-refractivity contribution is -0.390. The minimum atomic E-state index is -1.89. The van der Waals surface area contributed by atoms with E-state index in [0.717, 1.165) is 58.0 Å². The standard InChI is InChI=1S/C45H74O18/c1-19-7-12-45(56-18-19)20(2)30-26(63-45)14-25-23-6-5-21-13-22(8-10-43(21,3)24(23)9-11-44(25,30)4)57-40-37(55)35(53)38(29(17-48)60-40)61-42-39(34(52)32(50)28(16-47)59-42)62-41-36(54)33(51)31(49)27(15-46)58-41/h19-42,46-55H,5-18H2,1-4H3/t19-,20?,21-,22-,23+,24?,25-,26?,27+,28+,29+,30?,31+,32+,33-,34-,35+,36+,37+,38-,39+,40+,41-,42-,43-,44-,45+/m0/s1. The monoisotopic (exact) mass is 902 g/mol. The van der Waals surface area contributed by atoms with Gasteiger partial charge in [0.05, 0.1) is 38.6 Å². The molecule has 0 aromatic carbocycles. The van der Waals surface area contributed by atoms with Crippen LogP contribution in [0.3, 0.4) is 0 Å². The molecule has 4 saturated carbocycles. The zero-order valence-electron chi connectivity index (χ0n) is 37.0. The fourth-order valence-electron chi connectivity index (χ4n) is 14.7. The Balaban J connectivity index is 0.833. The average molecular weight is 903 g/mol. The molecule has 4 aliphatic carbocycles. The van der Waals surface area contributed by atoms with Crippen molar-refractivity contribution in [2.24, 2.45) is 52.3 Å². The molecule has 0 amide bonds. The lowest BCUT2D eigenvalue weighted by Gasteiger charge is -2.61. The van der Waals surface area contributed by atoms with Crippen LogP contribution in [-0.4, -0.2) is 188 Å². The molecule has 362 valence electrons. The Kier molecular flexibility index (Phi) is 13.5. The summed E-state index contributed by atoms with van der Waals surface area (Å²) < 4.78 is 49.0. The molecule has 10 N–H and O–H groups in total.